The van der Waals surface area contributed by atoms with Crippen molar-refractivity contribution >= 4 is 21.5 Å². The summed E-state index contributed by atoms with van der Waals surface area (Å²) >= 11 is 0. The third kappa shape index (κ3) is 5.45. The average molecular weight is 429 g/mol. The zero-order chi connectivity index (χ0) is 21.8. The van der Waals surface area contributed by atoms with Crippen LogP contribution in [0.2, 0.25) is 0 Å². The minimum Gasteiger partial charge on any atom is -0.478 e. The molecular formula is C22H24N2O5S. The molecule has 158 valence electrons. The molecule has 2 aromatic rings. The number of rotatable bonds is 7. The maximum Gasteiger partial charge on any atom is 0.335 e. The number of carbonyl (C=O) groups is 1. The van der Waals surface area contributed by atoms with Crippen LogP contribution < -0.4 is 0 Å². The third-order valence-corrected chi connectivity index (χ3v) is 7.40. The fourth-order valence-electron chi connectivity index (χ4n) is 3.60. The van der Waals surface area contributed by atoms with Crippen molar-refractivity contribution in [2.24, 2.45) is 0 Å². The molecule has 30 heavy (non-hydrogen) atoms. The highest BCUT2D eigenvalue weighted by molar-refractivity contribution is 7.91. The summed E-state index contributed by atoms with van der Waals surface area (Å²) in [4.78, 5) is 16.5. The standard InChI is InChI=1S/C22H24N2O5S/c1-23-19-6-2-17(3-7-19)10-13-24-14-11-22(27,12-15-24)16-30(28,29)20-8-4-18(5-9-20)21(25)26/h2-9,27H,10-16H2,(H,25,26). The van der Waals surface area contributed by atoms with Gasteiger partial charge in [0.15, 0.2) is 15.5 Å². The summed E-state index contributed by atoms with van der Waals surface area (Å²) in [6.07, 6.45) is 1.54. The van der Waals surface area contributed by atoms with Crippen LogP contribution in [0, 0.1) is 6.57 Å². The van der Waals surface area contributed by atoms with Gasteiger partial charge < -0.3 is 15.1 Å². The Kier molecular flexibility index (Phi) is 6.56. The zero-order valence-corrected chi connectivity index (χ0v) is 17.3. The molecule has 0 radical (unpaired) electrons. The summed E-state index contributed by atoms with van der Waals surface area (Å²) < 4.78 is 25.4. The van der Waals surface area contributed by atoms with Crippen molar-refractivity contribution in [2.45, 2.75) is 29.8 Å². The summed E-state index contributed by atoms with van der Waals surface area (Å²) in [7, 11) is -3.73. The highest BCUT2D eigenvalue weighted by atomic mass is 32.2. The SMILES string of the molecule is [C-]#[N+]c1ccc(CCN2CCC(O)(CS(=O)(=O)c3ccc(C(=O)O)cc3)CC2)cc1. The number of aliphatic hydroxyl groups is 1. The number of hydrogen-bond donors (Lipinski definition) is 2. The molecule has 0 spiro atoms. The maximum atomic E-state index is 12.7. The van der Waals surface area contributed by atoms with Gasteiger partial charge in [-0.2, -0.15) is 0 Å². The van der Waals surface area contributed by atoms with Crippen LogP contribution in [0.1, 0.15) is 28.8 Å². The van der Waals surface area contributed by atoms with Crippen molar-refractivity contribution in [1.82, 2.24) is 4.90 Å². The predicted octanol–water partition coefficient (Wildman–Crippen LogP) is 2.78. The number of hydrogen-bond acceptors (Lipinski definition) is 5. The second kappa shape index (κ2) is 8.96. The molecule has 8 heteroatoms. The number of carboxylic acids is 1. The number of benzene rings is 2. The van der Waals surface area contributed by atoms with Gasteiger partial charge in [0.1, 0.15) is 0 Å². The van der Waals surface area contributed by atoms with Crippen molar-refractivity contribution in [3.05, 3.63) is 71.1 Å². The molecule has 0 aromatic heterocycles. The van der Waals surface area contributed by atoms with E-state index >= 15 is 0 Å². The summed E-state index contributed by atoms with van der Waals surface area (Å²) in [6.45, 7) is 8.99. The van der Waals surface area contributed by atoms with Gasteiger partial charge in [-0.3, -0.25) is 0 Å². The fraction of sp³-hybridized carbons (Fsp3) is 0.364. The predicted molar refractivity (Wildman–Crippen MR) is 112 cm³/mol. The van der Waals surface area contributed by atoms with Gasteiger partial charge in [0, 0.05) is 19.6 Å². The van der Waals surface area contributed by atoms with E-state index in [1.165, 1.54) is 24.3 Å². The van der Waals surface area contributed by atoms with E-state index in [4.69, 9.17) is 11.7 Å². The Morgan fingerprint density at radius 3 is 2.20 bits per heavy atom. The van der Waals surface area contributed by atoms with Gasteiger partial charge in [0.25, 0.3) is 0 Å². The van der Waals surface area contributed by atoms with E-state index in [0.29, 0.717) is 31.6 Å². The molecule has 0 saturated carbocycles. The Balaban J connectivity index is 1.54. The molecule has 2 N–H and O–H groups in total. The van der Waals surface area contributed by atoms with E-state index in [0.717, 1.165) is 18.5 Å². The first-order valence-electron chi connectivity index (χ1n) is 9.68. The minimum atomic E-state index is -3.73. The van der Waals surface area contributed by atoms with Crippen molar-refractivity contribution in [3.63, 3.8) is 0 Å². The second-order valence-electron chi connectivity index (χ2n) is 7.68. The van der Waals surface area contributed by atoms with Crippen molar-refractivity contribution in [2.75, 3.05) is 25.4 Å². The summed E-state index contributed by atoms with van der Waals surface area (Å²) in [5, 5.41) is 19.8. The van der Waals surface area contributed by atoms with Crippen molar-refractivity contribution in [1.29, 1.82) is 0 Å². The first kappa shape index (κ1) is 22.0. The lowest BCUT2D eigenvalue weighted by atomic mass is 9.93. The topological polar surface area (TPSA) is 99.3 Å². The molecule has 0 unspecified atom stereocenters. The van der Waals surface area contributed by atoms with Gasteiger partial charge in [-0.25, -0.2) is 18.1 Å². The Bertz CT molecular complexity index is 1030. The highest BCUT2D eigenvalue weighted by Gasteiger charge is 2.37. The average Bonchev–Trinajstić information content (AvgIpc) is 2.73. The number of sulfone groups is 1. The lowest BCUT2D eigenvalue weighted by Crippen LogP contribution is -2.48. The largest absolute Gasteiger partial charge is 0.478 e. The van der Waals surface area contributed by atoms with Crippen LogP contribution in [-0.2, 0) is 16.3 Å². The molecule has 1 aliphatic heterocycles. The molecule has 3 rings (SSSR count). The van der Waals surface area contributed by atoms with E-state index < -0.39 is 21.4 Å². The van der Waals surface area contributed by atoms with Gasteiger partial charge in [-0.15, -0.1) is 0 Å². The molecule has 0 aliphatic carbocycles. The molecule has 0 bridgehead atoms. The van der Waals surface area contributed by atoms with Crippen molar-refractivity contribution < 1.29 is 23.4 Å². The molecule has 1 aliphatic rings. The van der Waals surface area contributed by atoms with Gasteiger partial charge in [-0.05, 0) is 49.1 Å². The molecule has 7 nitrogen and oxygen atoms in total. The van der Waals surface area contributed by atoms with Crippen LogP contribution in [0.3, 0.4) is 0 Å². The summed E-state index contributed by atoms with van der Waals surface area (Å²) in [5.74, 6) is -1.49. The first-order chi connectivity index (χ1) is 14.2. The molecule has 1 saturated heterocycles. The molecule has 1 heterocycles. The van der Waals surface area contributed by atoms with Gasteiger partial charge in [0.2, 0.25) is 0 Å². The van der Waals surface area contributed by atoms with E-state index in [1.807, 2.05) is 12.1 Å². The smallest absolute Gasteiger partial charge is 0.335 e. The van der Waals surface area contributed by atoms with Crippen LogP contribution in [0.5, 0.6) is 0 Å². The Morgan fingerprint density at radius 2 is 1.67 bits per heavy atom. The highest BCUT2D eigenvalue weighted by Crippen LogP contribution is 2.27. The van der Waals surface area contributed by atoms with Crippen LogP contribution in [0.25, 0.3) is 4.85 Å². The Labute approximate surface area is 176 Å². The number of likely N-dealkylation sites (tertiary alicyclic amines) is 1. The van der Waals surface area contributed by atoms with E-state index in [-0.39, 0.29) is 16.2 Å². The number of aromatic carboxylic acids is 1. The zero-order valence-electron chi connectivity index (χ0n) is 16.5. The Hall–Kier alpha value is -2.73. The monoisotopic (exact) mass is 428 g/mol. The summed E-state index contributed by atoms with van der Waals surface area (Å²) in [6, 6.07) is 12.5. The van der Waals surface area contributed by atoms with Crippen LogP contribution in [0.15, 0.2) is 53.4 Å². The van der Waals surface area contributed by atoms with Crippen molar-refractivity contribution in [3.8, 4) is 0 Å². The molecule has 2 aromatic carbocycles. The first-order valence-corrected chi connectivity index (χ1v) is 11.3. The van der Waals surface area contributed by atoms with Gasteiger partial charge in [0.05, 0.1) is 28.4 Å². The third-order valence-electron chi connectivity index (χ3n) is 5.49. The fourth-order valence-corrected chi connectivity index (χ4v) is 5.32. The number of piperidine rings is 1. The summed E-state index contributed by atoms with van der Waals surface area (Å²) in [5.41, 5.74) is 0.471. The van der Waals surface area contributed by atoms with Gasteiger partial charge >= 0.3 is 5.97 Å². The van der Waals surface area contributed by atoms with E-state index in [2.05, 4.69) is 9.74 Å². The quantitative estimate of drug-likeness (QED) is 0.658. The normalized spacial score (nSPS) is 16.7. The number of nitrogens with zero attached hydrogens (tertiary/aromatic N) is 2. The molecule has 0 amide bonds. The van der Waals surface area contributed by atoms with Crippen LogP contribution >= 0.6 is 0 Å². The maximum absolute atomic E-state index is 12.7. The lowest BCUT2D eigenvalue weighted by Gasteiger charge is -2.38. The molecule has 0 atom stereocenters. The Morgan fingerprint density at radius 1 is 1.07 bits per heavy atom. The van der Waals surface area contributed by atoms with Crippen LogP contribution in [-0.4, -0.2) is 60.5 Å². The lowest BCUT2D eigenvalue weighted by molar-refractivity contribution is -0.00210. The van der Waals surface area contributed by atoms with Crippen LogP contribution in [0.4, 0.5) is 5.69 Å². The minimum absolute atomic E-state index is 0.0182. The van der Waals surface area contributed by atoms with E-state index in [1.54, 1.807) is 12.1 Å². The second-order valence-corrected chi connectivity index (χ2v) is 9.67. The molecular weight excluding hydrogens is 404 g/mol. The number of carboxylic acid groups (broad SMARTS) is 1. The van der Waals surface area contributed by atoms with E-state index in [9.17, 15) is 18.3 Å². The van der Waals surface area contributed by atoms with Gasteiger partial charge in [-0.1, -0.05) is 24.3 Å². The molecule has 1 fully saturated rings.